The van der Waals surface area contributed by atoms with Gasteiger partial charge in [-0.2, -0.15) is 0 Å². The normalized spacial score (nSPS) is 21.4. The average molecular weight is 262 g/mol. The van der Waals surface area contributed by atoms with Crippen molar-refractivity contribution in [3.8, 4) is 0 Å². The molecule has 0 aromatic heterocycles. The molecule has 18 heavy (non-hydrogen) atoms. The van der Waals surface area contributed by atoms with Gasteiger partial charge in [-0.05, 0) is 37.1 Å². The predicted molar refractivity (Wildman–Crippen MR) is 79.6 cm³/mol. The first-order chi connectivity index (χ1) is 8.92. The lowest BCUT2D eigenvalue weighted by atomic mass is 10.2. The van der Waals surface area contributed by atoms with Crippen molar-refractivity contribution in [2.45, 2.75) is 35.8 Å². The molecule has 2 aliphatic rings. The fourth-order valence-corrected chi connectivity index (χ4v) is 4.10. The molecule has 0 spiro atoms. The van der Waals surface area contributed by atoms with E-state index in [0.29, 0.717) is 0 Å². The zero-order valence-corrected chi connectivity index (χ0v) is 11.7. The maximum atomic E-state index is 3.40. The second kappa shape index (κ2) is 5.98. The zero-order chi connectivity index (χ0) is 12.2. The van der Waals surface area contributed by atoms with E-state index in [0.717, 1.165) is 31.4 Å². The minimum atomic E-state index is 0.870. The quantitative estimate of drug-likeness (QED) is 0.901. The summed E-state index contributed by atoms with van der Waals surface area (Å²) in [6.45, 7) is 4.49. The van der Waals surface area contributed by atoms with Gasteiger partial charge in [-0.25, -0.2) is 0 Å². The Morgan fingerprint density at radius 2 is 1.67 bits per heavy atom. The molecule has 2 fully saturated rings. The van der Waals surface area contributed by atoms with Crippen LogP contribution in [0.25, 0.3) is 0 Å². The minimum Gasteiger partial charge on any atom is -0.369 e. The number of rotatable bonds is 3. The first-order valence-electron chi connectivity index (χ1n) is 7.14. The molecule has 3 heteroatoms. The second-order valence-corrected chi connectivity index (χ2v) is 6.63. The molecule has 1 aromatic carbocycles. The molecule has 0 atom stereocenters. The van der Waals surface area contributed by atoms with Gasteiger partial charge in [-0.3, -0.25) is 0 Å². The molecule has 1 saturated carbocycles. The third kappa shape index (κ3) is 3.01. The van der Waals surface area contributed by atoms with E-state index < -0.39 is 0 Å². The summed E-state index contributed by atoms with van der Waals surface area (Å²) >= 11 is 2.08. The van der Waals surface area contributed by atoms with Crippen LogP contribution in [0, 0.1) is 0 Å². The molecular weight excluding hydrogens is 240 g/mol. The number of anilines is 1. The largest absolute Gasteiger partial charge is 0.369 e. The van der Waals surface area contributed by atoms with Crippen molar-refractivity contribution in [3.63, 3.8) is 0 Å². The molecule has 1 N–H and O–H groups in total. The zero-order valence-electron chi connectivity index (χ0n) is 10.9. The van der Waals surface area contributed by atoms with Crippen LogP contribution in [0.4, 0.5) is 5.69 Å². The number of nitrogens with one attached hydrogen (secondary N) is 1. The minimum absolute atomic E-state index is 0.870. The summed E-state index contributed by atoms with van der Waals surface area (Å²) in [5.74, 6) is 0. The van der Waals surface area contributed by atoms with Gasteiger partial charge in [-0.15, -0.1) is 11.8 Å². The van der Waals surface area contributed by atoms with E-state index in [1.165, 1.54) is 36.3 Å². The van der Waals surface area contributed by atoms with Gasteiger partial charge < -0.3 is 10.2 Å². The Morgan fingerprint density at radius 1 is 1.00 bits per heavy atom. The number of hydrogen-bond donors (Lipinski definition) is 1. The molecule has 1 aromatic rings. The number of thioether (sulfide) groups is 1. The number of piperazine rings is 1. The third-order valence-corrected chi connectivity index (χ3v) is 5.27. The van der Waals surface area contributed by atoms with Crippen LogP contribution in [0.1, 0.15) is 25.7 Å². The van der Waals surface area contributed by atoms with E-state index in [1.807, 2.05) is 0 Å². The monoisotopic (exact) mass is 262 g/mol. The van der Waals surface area contributed by atoms with Gasteiger partial charge in [0.1, 0.15) is 0 Å². The number of nitrogens with zero attached hydrogens (tertiary/aromatic N) is 1. The van der Waals surface area contributed by atoms with E-state index >= 15 is 0 Å². The van der Waals surface area contributed by atoms with Crippen molar-refractivity contribution < 1.29 is 0 Å². The summed E-state index contributed by atoms with van der Waals surface area (Å²) in [6.07, 6.45) is 5.67. The molecule has 1 saturated heterocycles. The molecular formula is C15H22N2S. The van der Waals surface area contributed by atoms with E-state index in [4.69, 9.17) is 0 Å². The van der Waals surface area contributed by atoms with E-state index in [9.17, 15) is 0 Å². The molecule has 0 unspecified atom stereocenters. The van der Waals surface area contributed by atoms with Crippen molar-refractivity contribution in [1.29, 1.82) is 0 Å². The highest BCUT2D eigenvalue weighted by atomic mass is 32.2. The van der Waals surface area contributed by atoms with Gasteiger partial charge in [0.2, 0.25) is 0 Å². The lowest BCUT2D eigenvalue weighted by molar-refractivity contribution is 0.589. The van der Waals surface area contributed by atoms with Crippen LogP contribution in [0.3, 0.4) is 0 Å². The third-order valence-electron chi connectivity index (χ3n) is 3.92. The van der Waals surface area contributed by atoms with E-state index in [1.54, 1.807) is 0 Å². The van der Waals surface area contributed by atoms with Gasteiger partial charge in [0.05, 0.1) is 0 Å². The van der Waals surface area contributed by atoms with Crippen LogP contribution in [0.5, 0.6) is 0 Å². The van der Waals surface area contributed by atoms with Crippen molar-refractivity contribution in [3.05, 3.63) is 24.3 Å². The molecule has 98 valence electrons. The van der Waals surface area contributed by atoms with Crippen LogP contribution in [0.15, 0.2) is 29.2 Å². The lowest BCUT2D eigenvalue weighted by Gasteiger charge is -2.29. The maximum absolute atomic E-state index is 3.40. The summed E-state index contributed by atoms with van der Waals surface area (Å²) in [6, 6.07) is 9.20. The van der Waals surface area contributed by atoms with Crippen LogP contribution >= 0.6 is 11.8 Å². The van der Waals surface area contributed by atoms with Crippen LogP contribution in [-0.4, -0.2) is 31.4 Å². The van der Waals surface area contributed by atoms with Crippen molar-refractivity contribution in [2.75, 3.05) is 31.1 Å². The SMILES string of the molecule is c1cc(N2CCNCC2)ccc1SC1CCCC1. The lowest BCUT2D eigenvalue weighted by Crippen LogP contribution is -2.43. The average Bonchev–Trinajstić information content (AvgIpc) is 2.94. The summed E-state index contributed by atoms with van der Waals surface area (Å²) in [5.41, 5.74) is 1.38. The smallest absolute Gasteiger partial charge is 0.0367 e. The van der Waals surface area contributed by atoms with Gasteiger partial charge >= 0.3 is 0 Å². The fourth-order valence-electron chi connectivity index (χ4n) is 2.86. The van der Waals surface area contributed by atoms with Crippen molar-refractivity contribution in [2.24, 2.45) is 0 Å². The molecule has 0 radical (unpaired) electrons. The molecule has 2 nitrogen and oxygen atoms in total. The molecule has 0 amide bonds. The molecule has 3 rings (SSSR count). The standard InChI is InChI=1S/C15H22N2S/c1-2-4-14(3-1)18-15-7-5-13(6-8-15)17-11-9-16-10-12-17/h5-8,14,16H,1-4,9-12H2. The fraction of sp³-hybridized carbons (Fsp3) is 0.600. The first kappa shape index (κ1) is 12.4. The predicted octanol–water partition coefficient (Wildman–Crippen LogP) is 3.13. The van der Waals surface area contributed by atoms with E-state index in [-0.39, 0.29) is 0 Å². The van der Waals surface area contributed by atoms with Crippen molar-refractivity contribution >= 4 is 17.4 Å². The summed E-state index contributed by atoms with van der Waals surface area (Å²) < 4.78 is 0. The summed E-state index contributed by atoms with van der Waals surface area (Å²) in [7, 11) is 0. The first-order valence-corrected chi connectivity index (χ1v) is 8.02. The Balaban J connectivity index is 1.60. The molecule has 1 heterocycles. The second-order valence-electron chi connectivity index (χ2n) is 5.26. The highest BCUT2D eigenvalue weighted by Gasteiger charge is 2.16. The van der Waals surface area contributed by atoms with Gasteiger partial charge in [0.25, 0.3) is 0 Å². The molecule has 1 aliphatic heterocycles. The highest BCUT2D eigenvalue weighted by Crippen LogP contribution is 2.35. The van der Waals surface area contributed by atoms with Crippen LogP contribution < -0.4 is 10.2 Å². The maximum Gasteiger partial charge on any atom is 0.0367 e. The summed E-state index contributed by atoms with van der Waals surface area (Å²) in [5, 5.41) is 4.27. The Hall–Kier alpha value is -0.670. The Labute approximate surface area is 114 Å². The van der Waals surface area contributed by atoms with Gasteiger partial charge in [-0.1, -0.05) is 12.8 Å². The topological polar surface area (TPSA) is 15.3 Å². The highest BCUT2D eigenvalue weighted by molar-refractivity contribution is 8.00. The molecule has 0 bridgehead atoms. The van der Waals surface area contributed by atoms with Gasteiger partial charge in [0, 0.05) is 42.0 Å². The van der Waals surface area contributed by atoms with Crippen LogP contribution in [0.2, 0.25) is 0 Å². The number of benzene rings is 1. The Morgan fingerprint density at radius 3 is 2.33 bits per heavy atom. The number of hydrogen-bond acceptors (Lipinski definition) is 3. The Bertz CT molecular complexity index is 365. The van der Waals surface area contributed by atoms with Crippen molar-refractivity contribution in [1.82, 2.24) is 5.32 Å². The van der Waals surface area contributed by atoms with Crippen LogP contribution in [-0.2, 0) is 0 Å². The van der Waals surface area contributed by atoms with E-state index in [2.05, 4.69) is 46.2 Å². The Kier molecular flexibility index (Phi) is 4.11. The molecule has 1 aliphatic carbocycles. The summed E-state index contributed by atoms with van der Waals surface area (Å²) in [4.78, 5) is 3.92. The van der Waals surface area contributed by atoms with Gasteiger partial charge in [0.15, 0.2) is 0 Å².